The van der Waals surface area contributed by atoms with Gasteiger partial charge < -0.3 is 5.32 Å². The van der Waals surface area contributed by atoms with Crippen molar-refractivity contribution in [1.82, 2.24) is 35.7 Å². The largest absolute Gasteiger partial charge is 0.349 e. The minimum atomic E-state index is -0.210. The van der Waals surface area contributed by atoms with Crippen molar-refractivity contribution >= 4 is 16.9 Å². The zero-order chi connectivity index (χ0) is 17.1. The van der Waals surface area contributed by atoms with E-state index in [1.165, 1.54) is 11.9 Å². The van der Waals surface area contributed by atoms with E-state index in [1.54, 1.807) is 0 Å². The van der Waals surface area contributed by atoms with Gasteiger partial charge in [-0.1, -0.05) is 6.07 Å². The summed E-state index contributed by atoms with van der Waals surface area (Å²) in [5.41, 5.74) is 2.75. The lowest BCUT2D eigenvalue weighted by molar-refractivity contribution is 0.0920. The highest BCUT2D eigenvalue weighted by molar-refractivity contribution is 5.90. The number of nitrogens with one attached hydrogen (secondary N) is 2. The van der Waals surface area contributed by atoms with E-state index in [9.17, 15) is 4.79 Å². The molecule has 3 aromatic rings. The number of carbonyl (C=O) groups is 1. The topological polar surface area (TPSA) is 113 Å². The van der Waals surface area contributed by atoms with Gasteiger partial charge in [-0.25, -0.2) is 9.61 Å². The second-order valence-corrected chi connectivity index (χ2v) is 6.37. The summed E-state index contributed by atoms with van der Waals surface area (Å²) < 4.78 is 4.75. The molecule has 0 radical (unpaired) electrons. The van der Waals surface area contributed by atoms with Crippen molar-refractivity contribution in [3.05, 3.63) is 35.9 Å². The Bertz CT molecular complexity index is 845. The van der Waals surface area contributed by atoms with Crippen LogP contribution >= 0.6 is 0 Å². The van der Waals surface area contributed by atoms with Gasteiger partial charge in [0.1, 0.15) is 17.4 Å². The fourth-order valence-electron chi connectivity index (χ4n) is 3.28. The lowest BCUT2D eigenvalue weighted by Crippen LogP contribution is -2.40. The molecule has 0 saturated carbocycles. The molecule has 1 amide bonds. The van der Waals surface area contributed by atoms with Crippen LogP contribution in [0.15, 0.2) is 29.2 Å². The second-order valence-electron chi connectivity index (χ2n) is 6.37. The van der Waals surface area contributed by atoms with Crippen LogP contribution in [0, 0.1) is 5.92 Å². The van der Waals surface area contributed by atoms with Crippen molar-refractivity contribution < 1.29 is 9.42 Å². The van der Waals surface area contributed by atoms with Gasteiger partial charge in [-0.3, -0.25) is 14.8 Å². The van der Waals surface area contributed by atoms with E-state index in [0.29, 0.717) is 12.5 Å². The standard InChI is InChI=1S/C16H19N7O2/c24-16(15-18-10-19-20-15)17-7-12-2-1-5-23(9-12)8-11-3-4-13-14(6-11)22-25-21-13/h3-4,6,10,12H,1-2,5,7-9H2,(H,17,24)(H,18,19,20). The number of amides is 1. The van der Waals surface area contributed by atoms with Gasteiger partial charge in [-0.15, -0.1) is 0 Å². The number of H-pyrrole nitrogens is 1. The molecule has 3 heterocycles. The fraction of sp³-hybridized carbons (Fsp3) is 0.438. The molecule has 0 aliphatic carbocycles. The van der Waals surface area contributed by atoms with Crippen LogP contribution in [0.5, 0.6) is 0 Å². The molecule has 1 saturated heterocycles. The van der Waals surface area contributed by atoms with Gasteiger partial charge in [-0.05, 0) is 53.3 Å². The molecule has 0 spiro atoms. The van der Waals surface area contributed by atoms with Crippen LogP contribution in [0.1, 0.15) is 29.0 Å². The molecule has 1 aromatic carbocycles. The summed E-state index contributed by atoms with van der Waals surface area (Å²) in [6.45, 7) is 3.51. The van der Waals surface area contributed by atoms with Crippen LogP contribution in [-0.2, 0) is 6.54 Å². The first-order valence-corrected chi connectivity index (χ1v) is 8.35. The third kappa shape index (κ3) is 3.66. The summed E-state index contributed by atoms with van der Waals surface area (Å²) in [6, 6.07) is 6.00. The van der Waals surface area contributed by atoms with Crippen molar-refractivity contribution in [3.8, 4) is 0 Å². The zero-order valence-corrected chi connectivity index (χ0v) is 13.7. The lowest BCUT2D eigenvalue weighted by Gasteiger charge is -2.32. The number of aromatic nitrogens is 5. The summed E-state index contributed by atoms with van der Waals surface area (Å²) in [4.78, 5) is 18.2. The number of fused-ring (bicyclic) bond motifs is 1. The van der Waals surface area contributed by atoms with Gasteiger partial charge in [0.15, 0.2) is 0 Å². The van der Waals surface area contributed by atoms with E-state index in [0.717, 1.165) is 43.5 Å². The van der Waals surface area contributed by atoms with E-state index < -0.39 is 0 Å². The van der Waals surface area contributed by atoms with Crippen molar-refractivity contribution in [2.75, 3.05) is 19.6 Å². The maximum atomic E-state index is 11.9. The van der Waals surface area contributed by atoms with Gasteiger partial charge in [0.2, 0.25) is 5.82 Å². The summed E-state index contributed by atoms with van der Waals surface area (Å²) in [5, 5.41) is 16.9. The number of hydrogen-bond acceptors (Lipinski definition) is 7. The van der Waals surface area contributed by atoms with Gasteiger partial charge in [-0.2, -0.15) is 5.10 Å². The van der Waals surface area contributed by atoms with Crippen LogP contribution < -0.4 is 5.32 Å². The number of nitrogens with zero attached hydrogens (tertiary/aromatic N) is 5. The number of likely N-dealkylation sites (tertiary alicyclic amines) is 1. The number of hydrogen-bond donors (Lipinski definition) is 2. The van der Waals surface area contributed by atoms with Crippen LogP contribution in [-0.4, -0.2) is 55.9 Å². The molecule has 2 N–H and O–H groups in total. The molecule has 2 aromatic heterocycles. The predicted molar refractivity (Wildman–Crippen MR) is 88.5 cm³/mol. The Hall–Kier alpha value is -2.81. The summed E-state index contributed by atoms with van der Waals surface area (Å²) in [6.07, 6.45) is 3.56. The minimum absolute atomic E-state index is 0.210. The van der Waals surface area contributed by atoms with Gasteiger partial charge in [0, 0.05) is 19.6 Å². The molecule has 1 atom stereocenters. The van der Waals surface area contributed by atoms with Gasteiger partial charge in [0.05, 0.1) is 0 Å². The molecule has 9 heteroatoms. The molecule has 130 valence electrons. The zero-order valence-electron chi connectivity index (χ0n) is 13.7. The van der Waals surface area contributed by atoms with Crippen LogP contribution in [0.4, 0.5) is 0 Å². The van der Waals surface area contributed by atoms with Gasteiger partial charge in [0.25, 0.3) is 5.91 Å². The smallest absolute Gasteiger partial charge is 0.288 e. The monoisotopic (exact) mass is 341 g/mol. The summed E-state index contributed by atoms with van der Waals surface area (Å²) in [5.74, 6) is 0.471. The number of carbonyl (C=O) groups excluding carboxylic acids is 1. The molecular formula is C16H19N7O2. The fourth-order valence-corrected chi connectivity index (χ4v) is 3.28. The summed E-state index contributed by atoms with van der Waals surface area (Å²) >= 11 is 0. The Kier molecular flexibility index (Phi) is 4.38. The summed E-state index contributed by atoms with van der Waals surface area (Å²) in [7, 11) is 0. The highest BCUT2D eigenvalue weighted by Gasteiger charge is 2.21. The van der Waals surface area contributed by atoms with E-state index in [-0.39, 0.29) is 11.7 Å². The SMILES string of the molecule is O=C(NCC1CCCN(Cc2ccc3nonc3c2)C1)c1ncn[nH]1. The maximum absolute atomic E-state index is 11.9. The Balaban J connectivity index is 1.32. The lowest BCUT2D eigenvalue weighted by atomic mass is 9.97. The van der Waals surface area contributed by atoms with Crippen molar-refractivity contribution in [3.63, 3.8) is 0 Å². The molecule has 4 rings (SSSR count). The Morgan fingerprint density at radius 2 is 2.28 bits per heavy atom. The first-order valence-electron chi connectivity index (χ1n) is 8.35. The number of aromatic amines is 1. The molecule has 1 aliphatic heterocycles. The number of benzene rings is 1. The Morgan fingerprint density at radius 1 is 1.36 bits per heavy atom. The van der Waals surface area contributed by atoms with Crippen LogP contribution in [0.25, 0.3) is 11.0 Å². The van der Waals surface area contributed by atoms with Crippen LogP contribution in [0.3, 0.4) is 0 Å². The highest BCUT2D eigenvalue weighted by atomic mass is 16.6. The first-order chi connectivity index (χ1) is 12.3. The molecule has 9 nitrogen and oxygen atoms in total. The maximum Gasteiger partial charge on any atom is 0.288 e. The van der Waals surface area contributed by atoms with E-state index >= 15 is 0 Å². The molecule has 0 bridgehead atoms. The second kappa shape index (κ2) is 6.98. The average molecular weight is 341 g/mol. The van der Waals surface area contributed by atoms with E-state index in [2.05, 4.69) is 41.8 Å². The molecule has 25 heavy (non-hydrogen) atoms. The molecule has 1 unspecified atom stereocenters. The highest BCUT2D eigenvalue weighted by Crippen LogP contribution is 2.19. The Labute approximate surface area is 143 Å². The van der Waals surface area contributed by atoms with E-state index in [4.69, 9.17) is 4.63 Å². The molecule has 1 fully saturated rings. The first kappa shape index (κ1) is 15.7. The van der Waals surface area contributed by atoms with Crippen LogP contribution in [0.2, 0.25) is 0 Å². The van der Waals surface area contributed by atoms with Crippen molar-refractivity contribution in [1.29, 1.82) is 0 Å². The number of piperidine rings is 1. The van der Waals surface area contributed by atoms with Crippen molar-refractivity contribution in [2.24, 2.45) is 5.92 Å². The predicted octanol–water partition coefficient (Wildman–Crippen LogP) is 0.983. The Morgan fingerprint density at radius 3 is 3.16 bits per heavy atom. The number of rotatable bonds is 5. The minimum Gasteiger partial charge on any atom is -0.349 e. The van der Waals surface area contributed by atoms with Gasteiger partial charge >= 0.3 is 0 Å². The van der Waals surface area contributed by atoms with Crippen molar-refractivity contribution in [2.45, 2.75) is 19.4 Å². The third-order valence-electron chi connectivity index (χ3n) is 4.51. The van der Waals surface area contributed by atoms with E-state index in [1.807, 2.05) is 12.1 Å². The molecular weight excluding hydrogens is 322 g/mol. The average Bonchev–Trinajstić information content (AvgIpc) is 3.31. The quantitative estimate of drug-likeness (QED) is 0.711. The molecule has 1 aliphatic rings. The third-order valence-corrected chi connectivity index (χ3v) is 4.51. The normalized spacial score (nSPS) is 18.5.